The molecule has 0 bridgehead atoms. The average Bonchev–Trinajstić information content (AvgIpc) is 2.73. The normalized spacial score (nSPS) is 17.6. The molecule has 1 aliphatic heterocycles. The van der Waals surface area contributed by atoms with Crippen LogP contribution < -0.4 is 0 Å². The van der Waals surface area contributed by atoms with Crippen molar-refractivity contribution in [2.45, 2.75) is 27.3 Å². The molecule has 2 rings (SSSR count). The molecule has 0 atom stereocenters. The molecule has 0 radical (unpaired) electrons. The quantitative estimate of drug-likeness (QED) is 0.804. The van der Waals surface area contributed by atoms with Gasteiger partial charge >= 0.3 is 0 Å². The van der Waals surface area contributed by atoms with E-state index in [0.29, 0.717) is 17.3 Å². The van der Waals surface area contributed by atoms with Crippen LogP contribution in [0.2, 0.25) is 0 Å². The maximum Gasteiger partial charge on any atom is 0.238 e. The lowest BCUT2D eigenvalue weighted by molar-refractivity contribution is -0.125. The third kappa shape index (κ3) is 3.94. The first-order chi connectivity index (χ1) is 9.77. The second-order valence-electron chi connectivity index (χ2n) is 5.99. The summed E-state index contributed by atoms with van der Waals surface area (Å²) >= 11 is 1.37. The summed E-state index contributed by atoms with van der Waals surface area (Å²) in [6.07, 6.45) is 1.54. The maximum atomic E-state index is 12.9. The first-order valence-electron chi connectivity index (χ1n) is 6.71. The number of halogens is 1. The van der Waals surface area contributed by atoms with Crippen molar-refractivity contribution in [2.75, 3.05) is 5.75 Å². The Morgan fingerprint density at radius 2 is 1.95 bits per heavy atom. The molecule has 21 heavy (non-hydrogen) atoms. The molecule has 1 amide bonds. The SMILES string of the molecule is CC(C)(C)C(=O)C=C1SCC(=O)N1Cc1ccc(F)cc1. The van der Waals surface area contributed by atoms with Crippen LogP contribution in [0.1, 0.15) is 26.3 Å². The van der Waals surface area contributed by atoms with Gasteiger partial charge < -0.3 is 4.90 Å². The summed E-state index contributed by atoms with van der Waals surface area (Å²) in [4.78, 5) is 25.6. The Kier molecular flexibility index (Phi) is 4.52. The minimum Gasteiger partial charge on any atom is -0.301 e. The number of carbonyl (C=O) groups is 2. The molecule has 1 fully saturated rings. The lowest BCUT2D eigenvalue weighted by Gasteiger charge is -2.19. The fourth-order valence-electron chi connectivity index (χ4n) is 1.80. The molecule has 0 unspecified atom stereocenters. The minimum absolute atomic E-state index is 0.0104. The smallest absolute Gasteiger partial charge is 0.238 e. The Morgan fingerprint density at radius 3 is 2.52 bits per heavy atom. The average molecular weight is 307 g/mol. The van der Waals surface area contributed by atoms with Gasteiger partial charge in [0.2, 0.25) is 5.91 Å². The van der Waals surface area contributed by atoms with E-state index in [9.17, 15) is 14.0 Å². The van der Waals surface area contributed by atoms with E-state index in [-0.39, 0.29) is 17.5 Å². The monoisotopic (exact) mass is 307 g/mol. The van der Waals surface area contributed by atoms with E-state index in [0.717, 1.165) is 5.56 Å². The third-order valence-corrected chi connectivity index (χ3v) is 4.18. The molecule has 0 N–H and O–H groups in total. The number of nitrogens with zero attached hydrogens (tertiary/aromatic N) is 1. The van der Waals surface area contributed by atoms with Crippen molar-refractivity contribution < 1.29 is 14.0 Å². The zero-order valence-electron chi connectivity index (χ0n) is 12.4. The predicted octanol–water partition coefficient (Wildman–Crippen LogP) is 3.36. The molecule has 1 aromatic rings. The summed E-state index contributed by atoms with van der Waals surface area (Å²) in [6.45, 7) is 5.89. The van der Waals surface area contributed by atoms with E-state index in [1.165, 1.54) is 23.9 Å². The highest BCUT2D eigenvalue weighted by atomic mass is 32.2. The van der Waals surface area contributed by atoms with Crippen molar-refractivity contribution in [1.82, 2.24) is 4.90 Å². The van der Waals surface area contributed by atoms with Gasteiger partial charge in [-0.2, -0.15) is 0 Å². The van der Waals surface area contributed by atoms with Crippen molar-refractivity contribution in [3.05, 3.63) is 46.8 Å². The number of ketones is 1. The van der Waals surface area contributed by atoms with Gasteiger partial charge in [0.15, 0.2) is 5.78 Å². The molecule has 1 heterocycles. The van der Waals surface area contributed by atoms with Gasteiger partial charge in [-0.3, -0.25) is 9.59 Å². The highest BCUT2D eigenvalue weighted by Crippen LogP contribution is 2.31. The number of hydrogen-bond acceptors (Lipinski definition) is 3. The van der Waals surface area contributed by atoms with Gasteiger partial charge in [-0.25, -0.2) is 4.39 Å². The molecule has 3 nitrogen and oxygen atoms in total. The predicted molar refractivity (Wildman–Crippen MR) is 82.0 cm³/mol. The summed E-state index contributed by atoms with van der Waals surface area (Å²) in [5.41, 5.74) is 0.363. The molecular weight excluding hydrogens is 289 g/mol. The molecule has 1 aromatic carbocycles. The van der Waals surface area contributed by atoms with Crippen LogP contribution in [0, 0.1) is 11.2 Å². The number of carbonyl (C=O) groups excluding carboxylic acids is 2. The number of amides is 1. The highest BCUT2D eigenvalue weighted by Gasteiger charge is 2.29. The van der Waals surface area contributed by atoms with Gasteiger partial charge in [0.05, 0.1) is 17.3 Å². The van der Waals surface area contributed by atoms with Crippen LogP contribution in [-0.4, -0.2) is 22.3 Å². The van der Waals surface area contributed by atoms with E-state index in [2.05, 4.69) is 0 Å². The molecule has 112 valence electrons. The van der Waals surface area contributed by atoms with Crippen molar-refractivity contribution in [1.29, 1.82) is 0 Å². The summed E-state index contributed by atoms with van der Waals surface area (Å²) in [7, 11) is 0. The van der Waals surface area contributed by atoms with Crippen molar-refractivity contribution in [3.8, 4) is 0 Å². The summed E-state index contributed by atoms with van der Waals surface area (Å²) in [5.74, 6) is -0.00888. The molecule has 0 aliphatic carbocycles. The van der Waals surface area contributed by atoms with E-state index in [1.807, 2.05) is 20.8 Å². The Bertz CT molecular complexity index is 587. The standard InChI is InChI=1S/C16H18FNO2S/c1-16(2,3)13(19)8-15-18(14(20)10-21-15)9-11-4-6-12(17)7-5-11/h4-8H,9-10H2,1-3H3. The van der Waals surface area contributed by atoms with E-state index >= 15 is 0 Å². The van der Waals surface area contributed by atoms with Crippen LogP contribution in [-0.2, 0) is 16.1 Å². The summed E-state index contributed by atoms with van der Waals surface area (Å²) in [6, 6.07) is 6.03. The van der Waals surface area contributed by atoms with Crippen LogP contribution in [0.4, 0.5) is 4.39 Å². The van der Waals surface area contributed by atoms with Crippen LogP contribution in [0.5, 0.6) is 0 Å². The van der Waals surface area contributed by atoms with E-state index < -0.39 is 5.41 Å². The van der Waals surface area contributed by atoms with Gasteiger partial charge in [0.25, 0.3) is 0 Å². The zero-order chi connectivity index (χ0) is 15.6. The number of benzene rings is 1. The Labute approximate surface area is 128 Å². The van der Waals surface area contributed by atoms with E-state index in [4.69, 9.17) is 0 Å². The van der Waals surface area contributed by atoms with Crippen LogP contribution in [0.25, 0.3) is 0 Å². The van der Waals surface area contributed by atoms with Gasteiger partial charge in [0.1, 0.15) is 5.82 Å². The molecular formula is C16H18FNO2S. The minimum atomic E-state index is -0.471. The number of thioether (sulfide) groups is 1. The fourth-order valence-corrected chi connectivity index (χ4v) is 2.74. The third-order valence-electron chi connectivity index (χ3n) is 3.16. The molecule has 1 aliphatic rings. The van der Waals surface area contributed by atoms with E-state index in [1.54, 1.807) is 23.1 Å². The maximum absolute atomic E-state index is 12.9. The lowest BCUT2D eigenvalue weighted by atomic mass is 9.91. The van der Waals surface area contributed by atoms with Gasteiger partial charge in [-0.1, -0.05) is 44.7 Å². The van der Waals surface area contributed by atoms with Crippen LogP contribution in [0.15, 0.2) is 35.4 Å². The highest BCUT2D eigenvalue weighted by molar-refractivity contribution is 8.04. The number of allylic oxidation sites excluding steroid dienone is 1. The van der Waals surface area contributed by atoms with Crippen molar-refractivity contribution in [2.24, 2.45) is 5.41 Å². The van der Waals surface area contributed by atoms with Gasteiger partial charge in [-0.15, -0.1) is 0 Å². The van der Waals surface area contributed by atoms with Crippen LogP contribution >= 0.6 is 11.8 Å². The molecule has 5 heteroatoms. The summed E-state index contributed by atoms with van der Waals surface area (Å²) < 4.78 is 12.9. The van der Waals surface area contributed by atoms with Crippen molar-refractivity contribution >= 4 is 23.5 Å². The molecule has 0 aromatic heterocycles. The first kappa shape index (κ1) is 15.8. The zero-order valence-corrected chi connectivity index (χ0v) is 13.2. The summed E-state index contributed by atoms with van der Waals surface area (Å²) in [5, 5.41) is 0.671. The molecule has 0 spiro atoms. The fraction of sp³-hybridized carbons (Fsp3) is 0.375. The first-order valence-corrected chi connectivity index (χ1v) is 7.69. The number of hydrogen-bond donors (Lipinski definition) is 0. The largest absolute Gasteiger partial charge is 0.301 e. The second kappa shape index (κ2) is 6.02. The topological polar surface area (TPSA) is 37.4 Å². The molecule has 0 saturated carbocycles. The van der Waals surface area contributed by atoms with Crippen LogP contribution in [0.3, 0.4) is 0 Å². The lowest BCUT2D eigenvalue weighted by Crippen LogP contribution is -2.25. The number of rotatable bonds is 3. The van der Waals surface area contributed by atoms with Crippen molar-refractivity contribution in [3.63, 3.8) is 0 Å². The van der Waals surface area contributed by atoms with Gasteiger partial charge in [0, 0.05) is 11.5 Å². The Balaban J connectivity index is 2.19. The molecule has 1 saturated heterocycles. The second-order valence-corrected chi connectivity index (χ2v) is 6.99. The van der Waals surface area contributed by atoms with Gasteiger partial charge in [-0.05, 0) is 17.7 Å². The Morgan fingerprint density at radius 1 is 1.33 bits per heavy atom. The Hall–Kier alpha value is -1.62.